The first-order valence-corrected chi connectivity index (χ1v) is 13.8. The highest BCUT2D eigenvalue weighted by Crippen LogP contribution is 2.37. The topological polar surface area (TPSA) is 92.8 Å². The van der Waals surface area contributed by atoms with Crippen molar-refractivity contribution in [1.82, 2.24) is 9.62 Å². The van der Waals surface area contributed by atoms with Crippen LogP contribution in [-0.4, -0.2) is 44.3 Å². The van der Waals surface area contributed by atoms with Crippen LogP contribution in [-0.2, 0) is 30.8 Å². The van der Waals surface area contributed by atoms with Gasteiger partial charge >= 0.3 is 5.97 Å². The normalized spacial score (nSPS) is 19.6. The second kappa shape index (κ2) is 10.8. The molecule has 0 radical (unpaired) electrons. The highest BCUT2D eigenvalue weighted by molar-refractivity contribution is 7.91. The average molecular weight is 491 g/mol. The van der Waals surface area contributed by atoms with Gasteiger partial charge < -0.3 is 10.1 Å². The number of ether oxygens (including phenoxy) is 1. The van der Waals surface area contributed by atoms with Crippen LogP contribution in [0.4, 0.5) is 0 Å². The molecular formula is C24H30N2O5S2. The van der Waals surface area contributed by atoms with Crippen molar-refractivity contribution in [2.24, 2.45) is 5.92 Å². The third-order valence-corrected chi connectivity index (χ3v) is 9.74. The molecule has 33 heavy (non-hydrogen) atoms. The Morgan fingerprint density at radius 2 is 1.88 bits per heavy atom. The summed E-state index contributed by atoms with van der Waals surface area (Å²) in [5, 5.41) is 4.58. The number of fused-ring (bicyclic) bond motifs is 1. The van der Waals surface area contributed by atoms with Gasteiger partial charge in [0.1, 0.15) is 4.21 Å². The number of benzene rings is 1. The van der Waals surface area contributed by atoms with Crippen LogP contribution in [0.1, 0.15) is 55.7 Å². The number of carbonyl (C=O) groups is 2. The van der Waals surface area contributed by atoms with Crippen LogP contribution in [0.5, 0.6) is 0 Å². The van der Waals surface area contributed by atoms with Gasteiger partial charge in [-0.1, -0.05) is 49.6 Å². The number of nitrogens with zero attached hydrogens (tertiary/aromatic N) is 1. The number of nitrogens with one attached hydrogen (secondary N) is 1. The molecule has 1 fully saturated rings. The zero-order valence-corrected chi connectivity index (χ0v) is 20.2. The number of amides is 1. The summed E-state index contributed by atoms with van der Waals surface area (Å²) in [5.74, 6) is -0.412. The molecule has 178 valence electrons. The molecule has 1 aliphatic carbocycles. The summed E-state index contributed by atoms with van der Waals surface area (Å²) in [6, 6.07) is 10.2. The van der Waals surface area contributed by atoms with E-state index in [1.807, 2.05) is 24.3 Å². The van der Waals surface area contributed by atoms with E-state index in [2.05, 4.69) is 5.32 Å². The molecule has 0 saturated heterocycles. The van der Waals surface area contributed by atoms with Crippen molar-refractivity contribution in [2.75, 3.05) is 19.7 Å². The maximum Gasteiger partial charge on any atom is 0.308 e. The fraction of sp³-hybridized carbons (Fsp3) is 0.500. The number of hydrogen-bond acceptors (Lipinski definition) is 6. The molecule has 0 bridgehead atoms. The van der Waals surface area contributed by atoms with E-state index in [4.69, 9.17) is 4.74 Å². The van der Waals surface area contributed by atoms with E-state index < -0.39 is 22.0 Å². The molecule has 1 aromatic heterocycles. The van der Waals surface area contributed by atoms with Gasteiger partial charge in [0.2, 0.25) is 0 Å². The summed E-state index contributed by atoms with van der Waals surface area (Å²) in [6.45, 7) is 0.549. The largest absolute Gasteiger partial charge is 0.456 e. The molecule has 4 rings (SSSR count). The Morgan fingerprint density at radius 1 is 1.09 bits per heavy atom. The number of carbonyl (C=O) groups excluding carboxylic acids is 2. The fourth-order valence-corrected chi connectivity index (χ4v) is 7.44. The van der Waals surface area contributed by atoms with Gasteiger partial charge in [0.05, 0.1) is 12.5 Å². The molecule has 2 heterocycles. The van der Waals surface area contributed by atoms with E-state index in [1.54, 1.807) is 17.5 Å². The lowest BCUT2D eigenvalue weighted by atomic mass is 9.89. The van der Waals surface area contributed by atoms with Crippen LogP contribution in [0.15, 0.2) is 46.0 Å². The molecule has 1 aromatic carbocycles. The van der Waals surface area contributed by atoms with Crippen molar-refractivity contribution < 1.29 is 22.7 Å². The zero-order chi connectivity index (χ0) is 23.3. The summed E-state index contributed by atoms with van der Waals surface area (Å²) >= 11 is 1.16. The Balaban J connectivity index is 1.40. The van der Waals surface area contributed by atoms with Crippen LogP contribution in [0.3, 0.4) is 0 Å². The SMILES string of the molecule is O=C(COC(=O)CC1c2ccccc2CCN1S(=O)(=O)c1cccs1)NCC1CCCCC1. The molecule has 1 amide bonds. The Hall–Kier alpha value is -2.23. The number of thiophene rings is 1. The van der Waals surface area contributed by atoms with Gasteiger partial charge in [0.25, 0.3) is 15.9 Å². The molecule has 2 aromatic rings. The summed E-state index contributed by atoms with van der Waals surface area (Å²) in [4.78, 5) is 24.8. The zero-order valence-electron chi connectivity index (χ0n) is 18.6. The molecule has 2 aliphatic rings. The molecule has 1 atom stereocenters. The smallest absolute Gasteiger partial charge is 0.308 e. The fourth-order valence-electron chi connectivity index (χ4n) is 4.72. The van der Waals surface area contributed by atoms with Crippen LogP contribution in [0, 0.1) is 5.92 Å². The highest BCUT2D eigenvalue weighted by atomic mass is 32.2. The second-order valence-electron chi connectivity index (χ2n) is 8.69. The quantitative estimate of drug-likeness (QED) is 0.570. The lowest BCUT2D eigenvalue weighted by Crippen LogP contribution is -2.41. The Bertz CT molecular complexity index is 1060. The molecule has 9 heteroatoms. The van der Waals surface area contributed by atoms with Gasteiger partial charge in [0.15, 0.2) is 6.61 Å². The number of rotatable bonds is 8. The van der Waals surface area contributed by atoms with Crippen LogP contribution < -0.4 is 5.32 Å². The molecule has 1 unspecified atom stereocenters. The monoisotopic (exact) mass is 490 g/mol. The second-order valence-corrected chi connectivity index (χ2v) is 11.8. The van der Waals surface area contributed by atoms with Crippen molar-refractivity contribution in [2.45, 2.75) is 55.2 Å². The van der Waals surface area contributed by atoms with E-state index in [1.165, 1.54) is 23.6 Å². The Labute approximate surface area is 199 Å². The lowest BCUT2D eigenvalue weighted by molar-refractivity contribution is -0.149. The van der Waals surface area contributed by atoms with E-state index in [0.717, 1.165) is 35.3 Å². The molecule has 1 aliphatic heterocycles. The number of sulfonamides is 1. The minimum absolute atomic E-state index is 0.141. The first-order chi connectivity index (χ1) is 15.9. The first kappa shape index (κ1) is 23.9. The third-order valence-electron chi connectivity index (χ3n) is 6.46. The van der Waals surface area contributed by atoms with Gasteiger partial charge in [-0.15, -0.1) is 11.3 Å². The molecular weight excluding hydrogens is 460 g/mol. The molecule has 1 saturated carbocycles. The van der Waals surface area contributed by atoms with Gasteiger partial charge in [0, 0.05) is 13.1 Å². The maximum atomic E-state index is 13.3. The van der Waals surface area contributed by atoms with Gasteiger partial charge in [-0.2, -0.15) is 4.31 Å². The minimum Gasteiger partial charge on any atom is -0.456 e. The summed E-state index contributed by atoms with van der Waals surface area (Å²) in [5.41, 5.74) is 1.83. The minimum atomic E-state index is -3.74. The Kier molecular flexibility index (Phi) is 7.82. The predicted molar refractivity (Wildman–Crippen MR) is 126 cm³/mol. The molecule has 0 spiro atoms. The van der Waals surface area contributed by atoms with E-state index >= 15 is 0 Å². The van der Waals surface area contributed by atoms with Crippen LogP contribution >= 0.6 is 11.3 Å². The van der Waals surface area contributed by atoms with Gasteiger partial charge in [-0.05, 0) is 47.8 Å². The average Bonchev–Trinajstić information content (AvgIpc) is 3.38. The van der Waals surface area contributed by atoms with Crippen LogP contribution in [0.25, 0.3) is 0 Å². The van der Waals surface area contributed by atoms with Crippen molar-refractivity contribution in [1.29, 1.82) is 0 Å². The predicted octanol–water partition coefficient (Wildman–Crippen LogP) is 3.67. The highest BCUT2D eigenvalue weighted by Gasteiger charge is 2.38. The van der Waals surface area contributed by atoms with Crippen molar-refractivity contribution in [3.05, 3.63) is 52.9 Å². The first-order valence-electron chi connectivity index (χ1n) is 11.5. The Morgan fingerprint density at radius 3 is 2.64 bits per heavy atom. The van der Waals surface area contributed by atoms with Crippen molar-refractivity contribution in [3.8, 4) is 0 Å². The van der Waals surface area contributed by atoms with Gasteiger partial charge in [-0.3, -0.25) is 9.59 Å². The van der Waals surface area contributed by atoms with E-state index in [9.17, 15) is 18.0 Å². The summed E-state index contributed by atoms with van der Waals surface area (Å²) < 4.78 is 33.4. The van der Waals surface area contributed by atoms with Crippen molar-refractivity contribution in [3.63, 3.8) is 0 Å². The van der Waals surface area contributed by atoms with E-state index in [0.29, 0.717) is 18.9 Å². The van der Waals surface area contributed by atoms with Crippen LogP contribution in [0.2, 0.25) is 0 Å². The molecule has 1 N–H and O–H groups in total. The van der Waals surface area contributed by atoms with E-state index in [-0.39, 0.29) is 29.7 Å². The standard InChI is InChI=1S/C24H30N2O5S2/c27-22(25-16-18-7-2-1-3-8-18)17-31-23(28)15-21-20-10-5-4-9-19(20)12-13-26(21)33(29,30)24-11-6-14-32-24/h4-6,9-11,14,18,21H,1-3,7-8,12-13,15-17H2,(H,25,27). The van der Waals surface area contributed by atoms with Gasteiger partial charge in [-0.25, -0.2) is 8.42 Å². The van der Waals surface area contributed by atoms with Crippen molar-refractivity contribution >= 4 is 33.2 Å². The third kappa shape index (κ3) is 5.83. The summed E-state index contributed by atoms with van der Waals surface area (Å²) in [6.07, 6.45) is 6.33. The maximum absolute atomic E-state index is 13.3. The molecule has 7 nitrogen and oxygen atoms in total. The summed E-state index contributed by atoms with van der Waals surface area (Å²) in [7, 11) is -3.74. The lowest BCUT2D eigenvalue weighted by Gasteiger charge is -2.35. The number of esters is 1. The number of hydrogen-bond donors (Lipinski definition) is 1.